The van der Waals surface area contributed by atoms with Crippen LogP contribution in [0.1, 0.15) is 5.69 Å². The summed E-state index contributed by atoms with van der Waals surface area (Å²) in [6.07, 6.45) is 2.91. The zero-order chi connectivity index (χ0) is 11.0. The zero-order valence-electron chi connectivity index (χ0n) is 8.44. The summed E-state index contributed by atoms with van der Waals surface area (Å²) in [5.74, 6) is 0. The van der Waals surface area contributed by atoms with Gasteiger partial charge >= 0.3 is 0 Å². The number of nitrogens with zero attached hydrogens (tertiary/aromatic N) is 3. The molecule has 0 unspecified atom stereocenters. The fraction of sp³-hybridized carbons (Fsp3) is 0.200. The molecule has 0 atom stereocenters. The molecule has 78 valence electrons. The van der Waals surface area contributed by atoms with E-state index in [2.05, 4.69) is 5.10 Å². The van der Waals surface area contributed by atoms with Crippen molar-refractivity contribution in [2.24, 2.45) is 7.05 Å². The Morgan fingerprint density at radius 1 is 1.53 bits per heavy atom. The van der Waals surface area contributed by atoms with Crippen LogP contribution < -0.4 is 4.73 Å². The van der Waals surface area contributed by atoms with Gasteiger partial charge in [-0.2, -0.15) is 9.83 Å². The largest absolute Gasteiger partial charge is 0.619 e. The fourth-order valence-electron chi connectivity index (χ4n) is 1.54. The van der Waals surface area contributed by atoms with E-state index in [1.54, 1.807) is 17.8 Å². The number of hydrogen-bond acceptors (Lipinski definition) is 2. The van der Waals surface area contributed by atoms with Gasteiger partial charge in [-0.05, 0) is 13.0 Å². The minimum atomic E-state index is 0.587. The molecule has 0 aliphatic rings. The van der Waals surface area contributed by atoms with Crippen LogP contribution in [0.2, 0.25) is 5.02 Å². The maximum Gasteiger partial charge on any atom is 0.189 e. The lowest BCUT2D eigenvalue weighted by Crippen LogP contribution is -2.24. The van der Waals surface area contributed by atoms with Crippen LogP contribution in [0.15, 0.2) is 24.5 Å². The standard InChI is InChI=1S/C10H10ClN3O/c1-7-9(11)10(13(2)12-7)8-4-3-5-14(15)6-8/h3-6H,1-2H3. The molecule has 0 aliphatic heterocycles. The molecule has 0 bridgehead atoms. The summed E-state index contributed by atoms with van der Waals surface area (Å²) < 4.78 is 2.42. The Labute approximate surface area is 92.3 Å². The summed E-state index contributed by atoms with van der Waals surface area (Å²) in [5.41, 5.74) is 2.29. The van der Waals surface area contributed by atoms with Crippen molar-refractivity contribution in [3.63, 3.8) is 0 Å². The van der Waals surface area contributed by atoms with E-state index in [1.165, 1.54) is 12.4 Å². The molecular weight excluding hydrogens is 214 g/mol. The van der Waals surface area contributed by atoms with Gasteiger partial charge in [0.25, 0.3) is 0 Å². The number of pyridine rings is 1. The van der Waals surface area contributed by atoms with Gasteiger partial charge in [0.15, 0.2) is 12.4 Å². The summed E-state index contributed by atoms with van der Waals surface area (Å²) in [5, 5.41) is 15.9. The second-order valence-corrected chi connectivity index (χ2v) is 3.70. The van der Waals surface area contributed by atoms with Gasteiger partial charge in [0.2, 0.25) is 0 Å². The molecule has 0 saturated heterocycles. The third-order valence-corrected chi connectivity index (χ3v) is 2.65. The molecule has 5 heteroatoms. The molecule has 0 saturated carbocycles. The highest BCUT2D eigenvalue weighted by atomic mass is 35.5. The van der Waals surface area contributed by atoms with Crippen molar-refractivity contribution in [3.05, 3.63) is 40.5 Å². The number of aromatic nitrogens is 3. The Morgan fingerprint density at radius 3 is 2.80 bits per heavy atom. The first-order valence-electron chi connectivity index (χ1n) is 4.48. The minimum absolute atomic E-state index is 0.587. The maximum absolute atomic E-state index is 11.1. The third kappa shape index (κ3) is 1.68. The van der Waals surface area contributed by atoms with Crippen molar-refractivity contribution < 1.29 is 4.73 Å². The van der Waals surface area contributed by atoms with Crippen LogP contribution in [0.3, 0.4) is 0 Å². The molecule has 0 amide bonds. The predicted octanol–water partition coefficient (Wildman–Crippen LogP) is 1.68. The quantitative estimate of drug-likeness (QED) is 0.546. The number of aryl methyl sites for hydroxylation is 2. The van der Waals surface area contributed by atoms with Crippen molar-refractivity contribution >= 4 is 11.6 Å². The normalized spacial score (nSPS) is 10.6. The molecular formula is C10H10ClN3O. The summed E-state index contributed by atoms with van der Waals surface area (Å²) in [7, 11) is 1.80. The average Bonchev–Trinajstić information content (AvgIpc) is 2.41. The van der Waals surface area contributed by atoms with Gasteiger partial charge < -0.3 is 5.21 Å². The lowest BCUT2D eigenvalue weighted by molar-refractivity contribution is -0.604. The Bertz CT molecular complexity index is 507. The van der Waals surface area contributed by atoms with Crippen LogP contribution in [0.5, 0.6) is 0 Å². The summed E-state index contributed by atoms with van der Waals surface area (Å²) in [4.78, 5) is 0. The highest BCUT2D eigenvalue weighted by Gasteiger charge is 2.14. The van der Waals surface area contributed by atoms with Gasteiger partial charge in [-0.3, -0.25) is 4.68 Å². The number of halogens is 1. The first-order valence-corrected chi connectivity index (χ1v) is 4.85. The van der Waals surface area contributed by atoms with E-state index in [4.69, 9.17) is 11.6 Å². The van der Waals surface area contributed by atoms with E-state index in [0.717, 1.165) is 21.7 Å². The van der Waals surface area contributed by atoms with Crippen molar-refractivity contribution in [1.82, 2.24) is 9.78 Å². The molecule has 15 heavy (non-hydrogen) atoms. The van der Waals surface area contributed by atoms with Crippen LogP contribution in [0.4, 0.5) is 0 Å². The minimum Gasteiger partial charge on any atom is -0.619 e. The highest BCUT2D eigenvalue weighted by Crippen LogP contribution is 2.28. The Morgan fingerprint density at radius 2 is 2.27 bits per heavy atom. The molecule has 2 aromatic heterocycles. The van der Waals surface area contributed by atoms with E-state index >= 15 is 0 Å². The van der Waals surface area contributed by atoms with Crippen molar-refractivity contribution in [2.45, 2.75) is 6.92 Å². The maximum atomic E-state index is 11.1. The second kappa shape index (κ2) is 3.55. The Hall–Kier alpha value is -1.55. The monoisotopic (exact) mass is 223 g/mol. The molecule has 0 spiro atoms. The second-order valence-electron chi connectivity index (χ2n) is 3.32. The lowest BCUT2D eigenvalue weighted by Gasteiger charge is -2.02. The fourth-order valence-corrected chi connectivity index (χ4v) is 1.81. The average molecular weight is 224 g/mol. The van der Waals surface area contributed by atoms with E-state index in [-0.39, 0.29) is 0 Å². The number of rotatable bonds is 1. The predicted molar refractivity (Wildman–Crippen MR) is 57.4 cm³/mol. The third-order valence-electron chi connectivity index (χ3n) is 2.20. The highest BCUT2D eigenvalue weighted by molar-refractivity contribution is 6.33. The van der Waals surface area contributed by atoms with Crippen molar-refractivity contribution in [3.8, 4) is 11.3 Å². The summed E-state index contributed by atoms with van der Waals surface area (Å²) in [6.45, 7) is 1.83. The Balaban J connectivity index is 2.63. The van der Waals surface area contributed by atoms with Crippen LogP contribution >= 0.6 is 11.6 Å². The molecule has 0 N–H and O–H groups in total. The van der Waals surface area contributed by atoms with E-state index < -0.39 is 0 Å². The van der Waals surface area contributed by atoms with Crippen molar-refractivity contribution in [1.29, 1.82) is 0 Å². The zero-order valence-corrected chi connectivity index (χ0v) is 9.19. The van der Waals surface area contributed by atoms with E-state index in [0.29, 0.717) is 5.02 Å². The summed E-state index contributed by atoms with van der Waals surface area (Å²) >= 11 is 6.11. The van der Waals surface area contributed by atoms with Crippen LogP contribution in [0, 0.1) is 12.1 Å². The Kier molecular flexibility index (Phi) is 2.36. The molecule has 0 fully saturated rings. The van der Waals surface area contributed by atoms with Crippen LogP contribution in [-0.4, -0.2) is 9.78 Å². The van der Waals surface area contributed by atoms with E-state index in [1.807, 2.05) is 13.0 Å². The van der Waals surface area contributed by atoms with Gasteiger partial charge in [0, 0.05) is 13.1 Å². The van der Waals surface area contributed by atoms with Gasteiger partial charge in [-0.15, -0.1) is 0 Å². The molecule has 0 radical (unpaired) electrons. The molecule has 2 heterocycles. The first-order chi connectivity index (χ1) is 7.09. The molecule has 2 rings (SSSR count). The molecule has 0 aliphatic carbocycles. The van der Waals surface area contributed by atoms with E-state index in [9.17, 15) is 5.21 Å². The van der Waals surface area contributed by atoms with Gasteiger partial charge in [-0.25, -0.2) is 0 Å². The summed E-state index contributed by atoms with van der Waals surface area (Å²) in [6, 6.07) is 3.51. The van der Waals surface area contributed by atoms with Crippen LogP contribution in [0.25, 0.3) is 11.3 Å². The number of hydrogen-bond donors (Lipinski definition) is 0. The molecule has 0 aromatic carbocycles. The smallest absolute Gasteiger partial charge is 0.189 e. The SMILES string of the molecule is Cc1nn(C)c(-c2ccc[n+]([O-])c2)c1Cl. The lowest BCUT2D eigenvalue weighted by atomic mass is 10.2. The van der Waals surface area contributed by atoms with Gasteiger partial charge in [-0.1, -0.05) is 11.6 Å². The topological polar surface area (TPSA) is 44.8 Å². The van der Waals surface area contributed by atoms with Gasteiger partial charge in [0.05, 0.1) is 22.0 Å². The van der Waals surface area contributed by atoms with Crippen LogP contribution in [-0.2, 0) is 7.05 Å². The van der Waals surface area contributed by atoms with Gasteiger partial charge in [0.1, 0.15) is 0 Å². The van der Waals surface area contributed by atoms with Crippen molar-refractivity contribution in [2.75, 3.05) is 0 Å². The molecule has 4 nitrogen and oxygen atoms in total. The molecule has 2 aromatic rings. The first kappa shape index (κ1) is 9.98.